The van der Waals surface area contributed by atoms with Crippen molar-refractivity contribution in [2.75, 3.05) is 68.8 Å². The molecule has 0 radical (unpaired) electrons. The lowest BCUT2D eigenvalue weighted by atomic mass is 9.96. The van der Waals surface area contributed by atoms with Crippen molar-refractivity contribution in [2.45, 2.75) is 19.3 Å². The van der Waals surface area contributed by atoms with E-state index in [-0.39, 0.29) is 30.6 Å². The third-order valence-corrected chi connectivity index (χ3v) is 7.55. The van der Waals surface area contributed by atoms with Gasteiger partial charge in [0.15, 0.2) is 11.6 Å². The number of amides is 4. The zero-order valence-electron chi connectivity index (χ0n) is 20.5. The van der Waals surface area contributed by atoms with Crippen LogP contribution < -0.4 is 15.1 Å². The van der Waals surface area contributed by atoms with Crippen LogP contribution in [0.1, 0.15) is 19.3 Å². The lowest BCUT2D eigenvalue weighted by molar-refractivity contribution is -0.135. The summed E-state index contributed by atoms with van der Waals surface area (Å²) in [6, 6.07) is 3.00. The Labute approximate surface area is 208 Å². The first-order valence-corrected chi connectivity index (χ1v) is 12.5. The fourth-order valence-corrected chi connectivity index (χ4v) is 5.51. The Balaban J connectivity index is 1.23. The van der Waals surface area contributed by atoms with Gasteiger partial charge in [0.2, 0.25) is 11.8 Å². The third-order valence-electron chi connectivity index (χ3n) is 7.55. The summed E-state index contributed by atoms with van der Waals surface area (Å²) in [6.45, 7) is 5.17. The molecule has 4 heterocycles. The van der Waals surface area contributed by atoms with E-state index in [1.807, 2.05) is 4.90 Å². The number of carbonyl (C=O) groups excluding carboxylic acids is 3. The minimum atomic E-state index is -0.544. The van der Waals surface area contributed by atoms with Crippen LogP contribution in [0, 0.1) is 11.7 Å². The van der Waals surface area contributed by atoms with Crippen molar-refractivity contribution in [3.8, 4) is 0 Å². The molecule has 3 fully saturated rings. The minimum Gasteiger partial charge on any atom is -0.387 e. The minimum absolute atomic E-state index is 0.175. The Morgan fingerprint density at radius 2 is 1.83 bits per heavy atom. The lowest BCUT2D eigenvalue weighted by Gasteiger charge is -2.39. The normalized spacial score (nSPS) is 20.4. The predicted molar refractivity (Wildman–Crippen MR) is 131 cm³/mol. The van der Waals surface area contributed by atoms with Crippen molar-refractivity contribution in [1.29, 1.82) is 0 Å². The lowest BCUT2D eigenvalue weighted by Crippen LogP contribution is -2.49. The van der Waals surface area contributed by atoms with E-state index < -0.39 is 12.6 Å². The van der Waals surface area contributed by atoms with Gasteiger partial charge < -0.3 is 14.9 Å². The first-order valence-electron chi connectivity index (χ1n) is 12.5. The second kappa shape index (κ2) is 10.0. The maximum Gasteiger partial charge on any atom is 0.329 e. The summed E-state index contributed by atoms with van der Waals surface area (Å²) in [5.41, 5.74) is 0.851. The van der Waals surface area contributed by atoms with Gasteiger partial charge in [-0.2, -0.15) is 5.10 Å². The average Bonchev–Trinajstić information content (AvgIpc) is 3.21. The monoisotopic (exact) mass is 501 g/mol. The van der Waals surface area contributed by atoms with Crippen molar-refractivity contribution in [3.05, 3.63) is 17.9 Å². The van der Waals surface area contributed by atoms with Crippen LogP contribution in [0.15, 0.2) is 12.1 Å². The molecule has 0 aliphatic carbocycles. The van der Waals surface area contributed by atoms with Crippen molar-refractivity contribution >= 4 is 40.3 Å². The molecule has 0 unspecified atom stereocenters. The largest absolute Gasteiger partial charge is 0.387 e. The highest BCUT2D eigenvalue weighted by atomic mass is 19.1. The number of aryl methyl sites for hydroxylation is 1. The molecule has 3 aliphatic heterocycles. The smallest absolute Gasteiger partial charge is 0.329 e. The number of hydrogen-bond donors (Lipinski definition) is 2. The Kier molecular flexibility index (Phi) is 6.80. The van der Waals surface area contributed by atoms with Crippen molar-refractivity contribution in [3.63, 3.8) is 0 Å². The van der Waals surface area contributed by atoms with Crippen molar-refractivity contribution in [2.24, 2.45) is 13.0 Å². The van der Waals surface area contributed by atoms with Gasteiger partial charge >= 0.3 is 6.03 Å². The summed E-state index contributed by atoms with van der Waals surface area (Å²) < 4.78 is 17.2. The van der Waals surface area contributed by atoms with Crippen LogP contribution in [0.3, 0.4) is 0 Å². The van der Waals surface area contributed by atoms with Crippen molar-refractivity contribution < 1.29 is 23.9 Å². The summed E-state index contributed by atoms with van der Waals surface area (Å²) >= 11 is 0. The second-order valence-electron chi connectivity index (χ2n) is 9.77. The molecule has 3 saturated heterocycles. The zero-order valence-corrected chi connectivity index (χ0v) is 20.5. The number of aliphatic hydroxyl groups excluding tert-OH is 1. The first-order chi connectivity index (χ1) is 17.4. The number of carbonyl (C=O) groups is 3. The molecule has 0 spiro atoms. The number of urea groups is 1. The summed E-state index contributed by atoms with van der Waals surface area (Å²) in [7, 11) is 1.66. The Morgan fingerprint density at radius 1 is 1.11 bits per heavy atom. The van der Waals surface area contributed by atoms with Crippen LogP contribution in [-0.2, 0) is 16.6 Å². The number of aliphatic hydroxyl groups is 1. The molecule has 4 amide bonds. The van der Waals surface area contributed by atoms with Gasteiger partial charge in [-0.15, -0.1) is 0 Å². The Bertz CT molecular complexity index is 1170. The molecule has 0 bridgehead atoms. The number of piperazine rings is 1. The summed E-state index contributed by atoms with van der Waals surface area (Å²) in [5, 5.41) is 16.3. The maximum atomic E-state index is 15.7. The number of benzene rings is 1. The molecule has 36 heavy (non-hydrogen) atoms. The molecule has 12 heteroatoms. The number of fused-ring (bicyclic) bond motifs is 1. The number of nitrogens with zero attached hydrogens (tertiary/aromatic N) is 6. The topological polar surface area (TPSA) is 114 Å². The van der Waals surface area contributed by atoms with E-state index in [1.165, 1.54) is 9.58 Å². The van der Waals surface area contributed by atoms with Gasteiger partial charge in [-0.25, -0.2) is 9.18 Å². The quantitative estimate of drug-likeness (QED) is 0.614. The van der Waals surface area contributed by atoms with Gasteiger partial charge in [-0.1, -0.05) is 0 Å². The van der Waals surface area contributed by atoms with E-state index in [0.29, 0.717) is 54.5 Å². The molecular weight excluding hydrogens is 469 g/mol. The van der Waals surface area contributed by atoms with Gasteiger partial charge in [-0.05, 0) is 30.9 Å². The van der Waals surface area contributed by atoms with Gasteiger partial charge in [-0.3, -0.25) is 29.4 Å². The highest BCUT2D eigenvalue weighted by Gasteiger charge is 2.30. The van der Waals surface area contributed by atoms with Gasteiger partial charge in [0.1, 0.15) is 12.1 Å². The standard InChI is InChI=1S/C24H32FN7O4/c1-28-22-17(23(27-28)32-9-6-19(34)26-24(32)36)2-3-18(21(22)25)30-12-10-29(11-13-30)14-16-4-7-31(8-5-16)20(35)15-33/h2-3,16,33H,4-15H2,1H3,(H,26,34,36). The van der Waals surface area contributed by atoms with Crippen molar-refractivity contribution in [1.82, 2.24) is 24.9 Å². The molecule has 3 aliphatic rings. The van der Waals surface area contributed by atoms with E-state index in [1.54, 1.807) is 24.1 Å². The highest BCUT2D eigenvalue weighted by molar-refractivity contribution is 6.09. The van der Waals surface area contributed by atoms with E-state index in [2.05, 4.69) is 15.3 Å². The summed E-state index contributed by atoms with van der Waals surface area (Å²) in [4.78, 5) is 43.0. The van der Waals surface area contributed by atoms with Crippen LogP contribution in [0.25, 0.3) is 10.9 Å². The number of hydrogen-bond acceptors (Lipinski definition) is 7. The number of anilines is 2. The molecule has 11 nitrogen and oxygen atoms in total. The molecule has 5 rings (SSSR count). The summed E-state index contributed by atoms with van der Waals surface area (Å²) in [6.07, 6.45) is 2.04. The van der Waals surface area contributed by atoms with Gasteiger partial charge in [0, 0.05) is 71.2 Å². The summed E-state index contributed by atoms with van der Waals surface area (Å²) in [5.74, 6) is -0.0269. The van der Waals surface area contributed by atoms with Crippen LogP contribution in [0.4, 0.5) is 20.7 Å². The van der Waals surface area contributed by atoms with Crippen LogP contribution in [-0.4, -0.2) is 101 Å². The molecule has 2 N–H and O–H groups in total. The highest BCUT2D eigenvalue weighted by Crippen LogP contribution is 2.34. The van der Waals surface area contributed by atoms with E-state index in [9.17, 15) is 14.4 Å². The fourth-order valence-electron chi connectivity index (χ4n) is 5.51. The maximum absolute atomic E-state index is 15.7. The van der Waals surface area contributed by atoms with E-state index >= 15 is 4.39 Å². The van der Waals surface area contributed by atoms with Crippen LogP contribution in [0.5, 0.6) is 0 Å². The molecule has 194 valence electrons. The zero-order chi connectivity index (χ0) is 25.4. The number of piperidine rings is 1. The van der Waals surface area contributed by atoms with E-state index in [4.69, 9.17) is 5.11 Å². The van der Waals surface area contributed by atoms with Crippen LogP contribution in [0.2, 0.25) is 0 Å². The molecule has 0 saturated carbocycles. The third kappa shape index (κ3) is 4.62. The number of imide groups is 1. The average molecular weight is 502 g/mol. The second-order valence-corrected chi connectivity index (χ2v) is 9.77. The molecule has 0 atom stereocenters. The Hall–Kier alpha value is -3.25. The van der Waals surface area contributed by atoms with E-state index in [0.717, 1.165) is 32.5 Å². The molecule has 1 aromatic heterocycles. The SMILES string of the molecule is Cn1nc(N2CCC(=O)NC2=O)c2ccc(N3CCN(CC4CCN(C(=O)CO)CC4)CC3)c(F)c21. The number of aromatic nitrogens is 2. The van der Waals surface area contributed by atoms with Gasteiger partial charge in [0.25, 0.3) is 0 Å². The van der Waals surface area contributed by atoms with Gasteiger partial charge in [0.05, 0.1) is 5.69 Å². The number of likely N-dealkylation sites (tertiary alicyclic amines) is 1. The number of rotatable bonds is 5. The number of nitrogens with one attached hydrogen (secondary N) is 1. The fraction of sp³-hybridized carbons (Fsp3) is 0.583. The van der Waals surface area contributed by atoms with Crippen LogP contribution >= 0.6 is 0 Å². The molecule has 1 aromatic carbocycles. The molecular formula is C24H32FN7O4. The molecule has 2 aromatic rings. The number of halogens is 1. The Morgan fingerprint density at radius 3 is 2.50 bits per heavy atom. The predicted octanol–water partition coefficient (Wildman–Crippen LogP) is 0.512. The first kappa shape index (κ1) is 24.4.